The minimum absolute atomic E-state index is 0.183. The molecule has 4 heterocycles. The Hall–Kier alpha value is -3.73. The van der Waals surface area contributed by atoms with Gasteiger partial charge in [0.1, 0.15) is 11.6 Å². The van der Waals surface area contributed by atoms with E-state index in [1.54, 1.807) is 25.1 Å². The van der Waals surface area contributed by atoms with Gasteiger partial charge in [-0.15, -0.1) is 0 Å². The van der Waals surface area contributed by atoms with Crippen LogP contribution in [0.1, 0.15) is 31.2 Å². The molecule has 2 N–H and O–H groups in total. The Morgan fingerprint density at radius 3 is 2.57 bits per heavy atom. The fourth-order valence-electron chi connectivity index (χ4n) is 3.98. The van der Waals surface area contributed by atoms with Crippen LogP contribution in [0, 0.1) is 18.6 Å². The van der Waals surface area contributed by atoms with Crippen molar-refractivity contribution in [1.82, 2.24) is 25.0 Å². The Labute approximate surface area is 201 Å². The topological polar surface area (TPSA) is 95.3 Å². The van der Waals surface area contributed by atoms with Gasteiger partial charge in [-0.2, -0.15) is 9.97 Å². The van der Waals surface area contributed by atoms with E-state index in [2.05, 4.69) is 42.3 Å². The van der Waals surface area contributed by atoms with Gasteiger partial charge in [-0.1, -0.05) is 19.0 Å². The van der Waals surface area contributed by atoms with E-state index in [4.69, 9.17) is 9.26 Å². The number of hydrogen-bond donors (Lipinski definition) is 2. The van der Waals surface area contributed by atoms with E-state index in [1.165, 1.54) is 6.07 Å². The third-order valence-electron chi connectivity index (χ3n) is 5.99. The first-order valence-electron chi connectivity index (χ1n) is 11.5. The van der Waals surface area contributed by atoms with Crippen LogP contribution >= 0.6 is 0 Å². The number of aromatic nitrogens is 4. The Bertz CT molecular complexity index is 1360. The van der Waals surface area contributed by atoms with Crippen molar-refractivity contribution in [1.29, 1.82) is 0 Å². The van der Waals surface area contributed by atoms with Crippen LogP contribution in [0.5, 0.6) is 11.8 Å². The third kappa shape index (κ3) is 4.76. The van der Waals surface area contributed by atoms with E-state index < -0.39 is 17.4 Å². The number of nitrogens with one attached hydrogen (secondary N) is 2. The van der Waals surface area contributed by atoms with Crippen molar-refractivity contribution in [3.05, 3.63) is 47.3 Å². The molecule has 1 aromatic carbocycles. The van der Waals surface area contributed by atoms with Gasteiger partial charge in [0.2, 0.25) is 11.6 Å². The number of benzene rings is 1. The molecular formula is C24H27F2N7O2. The Balaban J connectivity index is 1.51. The standard InChI is InChI=1S/C24H27F2N7O2/c1-13(2)17-11-21(35-31-17)28-19-12-20(33-7-5-32(4)6-8-33)30-24(29-19)34-23-16(25)10-18-15(22(23)26)9-14(3)27-18/h9-13,27H,5-8H2,1-4H3,(H,28,29,30). The van der Waals surface area contributed by atoms with Gasteiger partial charge in [-0.3, -0.25) is 0 Å². The lowest BCUT2D eigenvalue weighted by Crippen LogP contribution is -2.44. The Morgan fingerprint density at radius 2 is 1.86 bits per heavy atom. The van der Waals surface area contributed by atoms with Crippen molar-refractivity contribution in [2.45, 2.75) is 26.7 Å². The summed E-state index contributed by atoms with van der Waals surface area (Å²) in [5.41, 5.74) is 1.85. The van der Waals surface area contributed by atoms with Crippen LogP contribution in [0.2, 0.25) is 0 Å². The van der Waals surface area contributed by atoms with Crippen molar-refractivity contribution in [3.63, 3.8) is 0 Å². The van der Waals surface area contributed by atoms with Gasteiger partial charge in [0.05, 0.1) is 11.2 Å². The van der Waals surface area contributed by atoms with Crippen LogP contribution in [-0.2, 0) is 0 Å². The molecule has 4 aromatic rings. The minimum Gasteiger partial charge on any atom is -0.418 e. The van der Waals surface area contributed by atoms with E-state index >= 15 is 4.39 Å². The molecule has 5 rings (SSSR count). The first kappa shape index (κ1) is 23.0. The maximum Gasteiger partial charge on any atom is 0.326 e. The lowest BCUT2D eigenvalue weighted by atomic mass is 10.1. The molecule has 184 valence electrons. The number of rotatable bonds is 6. The smallest absolute Gasteiger partial charge is 0.326 e. The van der Waals surface area contributed by atoms with Crippen LogP contribution in [0.15, 0.2) is 28.8 Å². The molecule has 1 aliphatic heterocycles. The number of anilines is 3. The molecule has 0 atom stereocenters. The highest BCUT2D eigenvalue weighted by atomic mass is 19.1. The monoisotopic (exact) mass is 483 g/mol. The van der Waals surface area contributed by atoms with E-state index in [0.717, 1.165) is 31.9 Å². The maximum atomic E-state index is 15.2. The lowest BCUT2D eigenvalue weighted by molar-refractivity contribution is 0.311. The molecule has 0 unspecified atom stereocenters. The molecule has 1 fully saturated rings. The Morgan fingerprint density at radius 1 is 1.09 bits per heavy atom. The van der Waals surface area contributed by atoms with Gasteiger partial charge in [-0.05, 0) is 26.0 Å². The Kier molecular flexibility index (Phi) is 6.01. The van der Waals surface area contributed by atoms with Crippen LogP contribution in [0.25, 0.3) is 10.9 Å². The maximum absolute atomic E-state index is 15.2. The number of nitrogens with zero attached hydrogens (tertiary/aromatic N) is 5. The zero-order chi connectivity index (χ0) is 24.7. The molecular weight excluding hydrogens is 456 g/mol. The summed E-state index contributed by atoms with van der Waals surface area (Å²) in [4.78, 5) is 16.0. The summed E-state index contributed by atoms with van der Waals surface area (Å²) in [5.74, 6) is -0.703. The first-order chi connectivity index (χ1) is 16.8. The molecule has 0 amide bonds. The summed E-state index contributed by atoms with van der Waals surface area (Å²) < 4.78 is 41.0. The predicted molar refractivity (Wildman–Crippen MR) is 129 cm³/mol. The van der Waals surface area contributed by atoms with Gasteiger partial charge < -0.3 is 29.4 Å². The lowest BCUT2D eigenvalue weighted by Gasteiger charge is -2.33. The average Bonchev–Trinajstić information content (AvgIpc) is 3.43. The number of H-pyrrole nitrogens is 1. The van der Waals surface area contributed by atoms with Gasteiger partial charge in [-0.25, -0.2) is 8.78 Å². The number of hydrogen-bond acceptors (Lipinski definition) is 8. The van der Waals surface area contributed by atoms with Crippen molar-refractivity contribution in [3.8, 4) is 11.8 Å². The molecule has 11 heteroatoms. The molecule has 0 radical (unpaired) electrons. The predicted octanol–water partition coefficient (Wildman–Crippen LogP) is 4.94. The van der Waals surface area contributed by atoms with E-state index in [0.29, 0.717) is 28.7 Å². The second-order valence-electron chi connectivity index (χ2n) is 9.10. The number of ether oxygens (including phenoxy) is 1. The zero-order valence-corrected chi connectivity index (χ0v) is 20.0. The summed E-state index contributed by atoms with van der Waals surface area (Å²) in [6.07, 6.45) is 0. The molecule has 0 aliphatic carbocycles. The molecule has 0 bridgehead atoms. The zero-order valence-electron chi connectivity index (χ0n) is 20.0. The fourth-order valence-corrected chi connectivity index (χ4v) is 3.98. The highest BCUT2D eigenvalue weighted by Gasteiger charge is 2.22. The van der Waals surface area contributed by atoms with Crippen LogP contribution in [0.3, 0.4) is 0 Å². The van der Waals surface area contributed by atoms with Gasteiger partial charge in [0.25, 0.3) is 0 Å². The average molecular weight is 484 g/mol. The third-order valence-corrected chi connectivity index (χ3v) is 5.99. The van der Waals surface area contributed by atoms with Gasteiger partial charge >= 0.3 is 6.01 Å². The van der Waals surface area contributed by atoms with Gasteiger partial charge in [0, 0.05) is 55.5 Å². The molecule has 0 spiro atoms. The molecule has 3 aromatic heterocycles. The molecule has 1 aliphatic rings. The van der Waals surface area contributed by atoms with Crippen LogP contribution in [-0.4, -0.2) is 58.2 Å². The number of aryl methyl sites for hydroxylation is 1. The largest absolute Gasteiger partial charge is 0.418 e. The van der Waals surface area contributed by atoms with Crippen molar-refractivity contribution in [2.75, 3.05) is 43.4 Å². The normalized spacial score (nSPS) is 14.8. The first-order valence-corrected chi connectivity index (χ1v) is 11.5. The SMILES string of the molecule is Cc1cc2c(F)c(Oc3nc(Nc4cc(C(C)C)no4)cc(N4CCN(C)CC4)n3)c(F)cc2[nH]1. The summed E-state index contributed by atoms with van der Waals surface area (Å²) in [5, 5.41) is 7.34. The van der Waals surface area contributed by atoms with Crippen LogP contribution < -0.4 is 15.0 Å². The summed E-state index contributed by atoms with van der Waals surface area (Å²) >= 11 is 0. The second kappa shape index (κ2) is 9.14. The summed E-state index contributed by atoms with van der Waals surface area (Å²) in [6.45, 7) is 8.98. The molecule has 9 nitrogen and oxygen atoms in total. The van der Waals surface area contributed by atoms with Crippen molar-refractivity contribution >= 4 is 28.4 Å². The second-order valence-corrected chi connectivity index (χ2v) is 9.10. The van der Waals surface area contributed by atoms with E-state index in [9.17, 15) is 4.39 Å². The van der Waals surface area contributed by atoms with Gasteiger partial charge in [0.15, 0.2) is 11.6 Å². The number of likely N-dealkylation sites (N-methyl/N-ethyl adjacent to an activating group) is 1. The number of aromatic amines is 1. The fraction of sp³-hybridized carbons (Fsp3) is 0.375. The number of halogens is 2. The number of piperazine rings is 1. The highest BCUT2D eigenvalue weighted by Crippen LogP contribution is 2.34. The van der Waals surface area contributed by atoms with E-state index in [-0.39, 0.29) is 17.3 Å². The molecule has 1 saturated heterocycles. The summed E-state index contributed by atoms with van der Waals surface area (Å²) in [6, 6.07) is 6.15. The highest BCUT2D eigenvalue weighted by molar-refractivity contribution is 5.83. The van der Waals surface area contributed by atoms with Crippen LogP contribution in [0.4, 0.5) is 26.3 Å². The number of fused-ring (bicyclic) bond motifs is 1. The summed E-state index contributed by atoms with van der Waals surface area (Å²) in [7, 11) is 2.06. The molecule has 0 saturated carbocycles. The minimum atomic E-state index is -0.850. The quantitative estimate of drug-likeness (QED) is 0.398. The van der Waals surface area contributed by atoms with Crippen molar-refractivity contribution < 1.29 is 18.0 Å². The van der Waals surface area contributed by atoms with E-state index in [1.807, 2.05) is 13.8 Å². The van der Waals surface area contributed by atoms with Crippen molar-refractivity contribution in [2.24, 2.45) is 0 Å². The molecule has 35 heavy (non-hydrogen) atoms.